The number of halogens is 3. The number of nitrogens with zero attached hydrogens (tertiary/aromatic N) is 1. The Hall–Kier alpha value is -2.28. The highest BCUT2D eigenvalue weighted by atomic mass is 19.4. The topological polar surface area (TPSA) is 41.6 Å². The van der Waals surface area contributed by atoms with Crippen LogP contribution >= 0.6 is 0 Å². The highest BCUT2D eigenvalue weighted by Gasteiger charge is 2.47. The van der Waals surface area contributed by atoms with E-state index in [2.05, 4.69) is 12.3 Å². The SMILES string of the molecule is CCCCCCCCCCOc1ccc(C(N2CCC(=O)N2)C(F)(F)F)c2ccccc12. The van der Waals surface area contributed by atoms with Gasteiger partial charge in [-0.1, -0.05) is 82.2 Å². The third kappa shape index (κ3) is 6.37. The summed E-state index contributed by atoms with van der Waals surface area (Å²) in [5.41, 5.74) is 2.47. The number of hydrogen-bond donors (Lipinski definition) is 1. The second-order valence-corrected chi connectivity index (χ2v) is 8.44. The van der Waals surface area contributed by atoms with Crippen molar-refractivity contribution in [2.75, 3.05) is 13.2 Å². The average molecular weight is 451 g/mol. The van der Waals surface area contributed by atoms with Crippen LogP contribution in [0.4, 0.5) is 13.2 Å². The van der Waals surface area contributed by atoms with Crippen LogP contribution < -0.4 is 10.2 Å². The van der Waals surface area contributed by atoms with Crippen molar-refractivity contribution >= 4 is 16.7 Å². The summed E-state index contributed by atoms with van der Waals surface area (Å²) >= 11 is 0. The zero-order chi connectivity index (χ0) is 23.0. The predicted molar refractivity (Wildman–Crippen MR) is 120 cm³/mol. The van der Waals surface area contributed by atoms with Crippen LogP contribution in [0.3, 0.4) is 0 Å². The van der Waals surface area contributed by atoms with E-state index < -0.39 is 18.1 Å². The molecule has 4 nitrogen and oxygen atoms in total. The Kier molecular flexibility index (Phi) is 8.79. The van der Waals surface area contributed by atoms with Crippen LogP contribution in [-0.4, -0.2) is 30.2 Å². The molecule has 0 radical (unpaired) electrons. The number of unbranched alkanes of at least 4 members (excludes halogenated alkanes) is 7. The smallest absolute Gasteiger partial charge is 0.409 e. The lowest BCUT2D eigenvalue weighted by molar-refractivity contribution is -0.190. The lowest BCUT2D eigenvalue weighted by Crippen LogP contribution is -2.43. The maximum absolute atomic E-state index is 14.0. The highest BCUT2D eigenvalue weighted by molar-refractivity contribution is 5.91. The number of fused-ring (bicyclic) bond motifs is 1. The van der Waals surface area contributed by atoms with Crippen molar-refractivity contribution in [3.63, 3.8) is 0 Å². The van der Waals surface area contributed by atoms with E-state index in [4.69, 9.17) is 4.74 Å². The van der Waals surface area contributed by atoms with Gasteiger partial charge >= 0.3 is 6.18 Å². The van der Waals surface area contributed by atoms with Crippen LogP contribution in [0.5, 0.6) is 5.75 Å². The second kappa shape index (κ2) is 11.5. The molecule has 2 aromatic carbocycles. The standard InChI is InChI=1S/C25H33F3N2O2/c1-2-3-4-5-6-7-8-11-18-32-22-15-14-21(19-12-9-10-13-20(19)22)24(25(26,27)28)30-17-16-23(31)29-30/h9-10,12-15,24H,2-8,11,16-18H2,1H3,(H,29,31). The summed E-state index contributed by atoms with van der Waals surface area (Å²) in [6.45, 7) is 2.78. The number of benzene rings is 2. The number of ether oxygens (including phenoxy) is 1. The molecule has 1 fully saturated rings. The van der Waals surface area contributed by atoms with E-state index in [9.17, 15) is 18.0 Å². The number of alkyl halides is 3. The molecule has 1 heterocycles. The van der Waals surface area contributed by atoms with Crippen LogP contribution in [0.2, 0.25) is 0 Å². The van der Waals surface area contributed by atoms with E-state index in [0.717, 1.165) is 17.9 Å². The first-order valence-corrected chi connectivity index (χ1v) is 11.7. The van der Waals surface area contributed by atoms with Gasteiger partial charge in [-0.15, -0.1) is 0 Å². The molecular weight excluding hydrogens is 417 g/mol. The first-order chi connectivity index (χ1) is 15.4. The van der Waals surface area contributed by atoms with Crippen molar-refractivity contribution < 1.29 is 22.7 Å². The zero-order valence-electron chi connectivity index (χ0n) is 18.7. The summed E-state index contributed by atoms with van der Waals surface area (Å²) in [6.07, 6.45) is 5.09. The van der Waals surface area contributed by atoms with Crippen molar-refractivity contribution in [1.29, 1.82) is 0 Å². The Morgan fingerprint density at radius 1 is 0.969 bits per heavy atom. The molecule has 0 bridgehead atoms. The zero-order valence-corrected chi connectivity index (χ0v) is 18.7. The van der Waals surface area contributed by atoms with Crippen LogP contribution in [0.15, 0.2) is 36.4 Å². The largest absolute Gasteiger partial charge is 0.493 e. The Morgan fingerprint density at radius 2 is 1.62 bits per heavy atom. The summed E-state index contributed by atoms with van der Waals surface area (Å²) in [5.74, 6) is 0.201. The first kappa shape index (κ1) is 24.4. The maximum Gasteiger partial charge on any atom is 0.409 e. The van der Waals surface area contributed by atoms with Crippen molar-refractivity contribution in [1.82, 2.24) is 10.4 Å². The number of hydrogen-bond acceptors (Lipinski definition) is 3. The monoisotopic (exact) mass is 450 g/mol. The molecule has 1 atom stereocenters. The van der Waals surface area contributed by atoms with Crippen LogP contribution in [0.1, 0.15) is 76.3 Å². The fourth-order valence-corrected chi connectivity index (χ4v) is 4.29. The molecule has 1 aliphatic rings. The van der Waals surface area contributed by atoms with E-state index in [1.54, 1.807) is 30.3 Å². The summed E-state index contributed by atoms with van der Waals surface area (Å²) < 4.78 is 48.0. The van der Waals surface area contributed by atoms with E-state index in [1.807, 2.05) is 0 Å². The van der Waals surface area contributed by atoms with Crippen LogP contribution in [0, 0.1) is 0 Å². The van der Waals surface area contributed by atoms with E-state index in [1.165, 1.54) is 44.6 Å². The lowest BCUT2D eigenvalue weighted by Gasteiger charge is -2.30. The number of carbonyl (C=O) groups is 1. The molecule has 3 rings (SSSR count). The minimum Gasteiger partial charge on any atom is -0.493 e. The van der Waals surface area contributed by atoms with Crippen LogP contribution in [0.25, 0.3) is 10.8 Å². The van der Waals surface area contributed by atoms with Gasteiger partial charge in [0.2, 0.25) is 5.91 Å². The summed E-state index contributed by atoms with van der Waals surface area (Å²) in [6, 6.07) is 8.20. The number of nitrogens with one attached hydrogen (secondary N) is 1. The van der Waals surface area contributed by atoms with Gasteiger partial charge in [-0.25, -0.2) is 5.01 Å². The Bertz CT molecular complexity index is 885. The predicted octanol–water partition coefficient (Wildman–Crippen LogP) is 6.70. The third-order valence-electron chi connectivity index (χ3n) is 5.94. The van der Waals surface area contributed by atoms with Gasteiger partial charge < -0.3 is 4.74 Å². The summed E-state index contributed by atoms with van der Waals surface area (Å²) in [4.78, 5) is 11.6. The van der Waals surface area contributed by atoms with E-state index in [0.29, 0.717) is 23.1 Å². The van der Waals surface area contributed by atoms with Crippen LogP contribution in [-0.2, 0) is 4.79 Å². The van der Waals surface area contributed by atoms with Gasteiger partial charge in [0, 0.05) is 18.4 Å². The Balaban J connectivity index is 1.68. The van der Waals surface area contributed by atoms with Crippen molar-refractivity contribution in [3.8, 4) is 5.75 Å². The molecule has 1 unspecified atom stereocenters. The maximum atomic E-state index is 14.0. The van der Waals surface area contributed by atoms with Gasteiger partial charge in [0.1, 0.15) is 5.75 Å². The molecule has 0 aromatic heterocycles. The first-order valence-electron chi connectivity index (χ1n) is 11.7. The Labute approximate surface area is 188 Å². The fraction of sp³-hybridized carbons (Fsp3) is 0.560. The highest BCUT2D eigenvalue weighted by Crippen LogP contribution is 2.42. The molecule has 176 valence electrons. The average Bonchev–Trinajstić information content (AvgIpc) is 3.18. The number of rotatable bonds is 12. The summed E-state index contributed by atoms with van der Waals surface area (Å²) in [5, 5.41) is 2.14. The molecule has 7 heteroatoms. The number of amides is 1. The molecule has 0 aliphatic carbocycles. The van der Waals surface area contributed by atoms with Crippen molar-refractivity contribution in [3.05, 3.63) is 42.0 Å². The minimum atomic E-state index is -4.53. The van der Waals surface area contributed by atoms with Gasteiger partial charge in [0.25, 0.3) is 0 Å². The Morgan fingerprint density at radius 3 is 2.25 bits per heavy atom. The summed E-state index contributed by atoms with van der Waals surface area (Å²) in [7, 11) is 0. The molecule has 0 saturated carbocycles. The van der Waals surface area contributed by atoms with E-state index >= 15 is 0 Å². The fourth-order valence-electron chi connectivity index (χ4n) is 4.29. The van der Waals surface area contributed by atoms with Gasteiger partial charge in [-0.3, -0.25) is 10.2 Å². The molecule has 0 spiro atoms. The third-order valence-corrected chi connectivity index (χ3v) is 5.94. The second-order valence-electron chi connectivity index (χ2n) is 8.44. The van der Waals surface area contributed by atoms with Gasteiger partial charge in [0.15, 0.2) is 6.04 Å². The minimum absolute atomic E-state index is 0.0219. The normalized spacial score (nSPS) is 15.8. The van der Waals surface area contributed by atoms with Gasteiger partial charge in [-0.2, -0.15) is 13.2 Å². The quantitative estimate of drug-likeness (QED) is 0.366. The number of carbonyl (C=O) groups excluding carboxylic acids is 1. The molecular formula is C25H33F3N2O2. The van der Waals surface area contributed by atoms with Crippen molar-refractivity contribution in [2.45, 2.75) is 76.9 Å². The number of hydrazine groups is 1. The molecule has 1 aliphatic heterocycles. The molecule has 1 saturated heterocycles. The van der Waals surface area contributed by atoms with Crippen molar-refractivity contribution in [2.24, 2.45) is 0 Å². The lowest BCUT2D eigenvalue weighted by atomic mass is 9.97. The van der Waals surface area contributed by atoms with Gasteiger partial charge in [-0.05, 0) is 23.4 Å². The van der Waals surface area contributed by atoms with E-state index in [-0.39, 0.29) is 18.5 Å². The molecule has 2 aromatic rings. The molecule has 1 amide bonds. The van der Waals surface area contributed by atoms with Gasteiger partial charge in [0.05, 0.1) is 6.61 Å². The molecule has 32 heavy (non-hydrogen) atoms. The molecule has 1 N–H and O–H groups in total.